The van der Waals surface area contributed by atoms with Crippen LogP contribution in [-0.2, 0) is 4.79 Å². The Morgan fingerprint density at radius 2 is 1.78 bits per heavy atom. The van der Waals surface area contributed by atoms with Crippen molar-refractivity contribution in [2.24, 2.45) is 0 Å². The Hall–Kier alpha value is -2.82. The summed E-state index contributed by atoms with van der Waals surface area (Å²) in [5.74, 6) is 0.170. The van der Waals surface area contributed by atoms with Gasteiger partial charge < -0.3 is 15.4 Å². The summed E-state index contributed by atoms with van der Waals surface area (Å²) in [5.41, 5.74) is 2.94. The van der Waals surface area contributed by atoms with Gasteiger partial charge in [-0.2, -0.15) is 0 Å². The summed E-state index contributed by atoms with van der Waals surface area (Å²) in [4.78, 5) is 25.1. The van der Waals surface area contributed by atoms with E-state index in [0.29, 0.717) is 17.0 Å². The first-order chi connectivity index (χ1) is 12.8. The van der Waals surface area contributed by atoms with E-state index in [1.165, 1.54) is 0 Å². The van der Waals surface area contributed by atoms with Crippen LogP contribution >= 0.6 is 0 Å². The molecule has 27 heavy (non-hydrogen) atoms. The van der Waals surface area contributed by atoms with Crippen molar-refractivity contribution < 1.29 is 14.3 Å². The molecule has 0 fully saturated rings. The zero-order valence-electron chi connectivity index (χ0n) is 16.6. The third-order valence-electron chi connectivity index (χ3n) is 4.44. The van der Waals surface area contributed by atoms with Crippen LogP contribution in [0.2, 0.25) is 0 Å². The zero-order chi connectivity index (χ0) is 20.0. The van der Waals surface area contributed by atoms with Gasteiger partial charge in [0.2, 0.25) is 0 Å². The van der Waals surface area contributed by atoms with Crippen LogP contribution in [0.25, 0.3) is 0 Å². The maximum atomic E-state index is 12.6. The molecular formula is C22H28N2O3. The second-order valence-electron chi connectivity index (χ2n) is 6.85. The molecule has 2 atom stereocenters. The Bertz CT molecular complexity index is 817. The lowest BCUT2D eigenvalue weighted by Gasteiger charge is -2.18. The number of aryl methyl sites for hydroxylation is 2. The van der Waals surface area contributed by atoms with E-state index in [-0.39, 0.29) is 17.9 Å². The molecule has 0 radical (unpaired) electrons. The molecule has 5 nitrogen and oxygen atoms in total. The SMILES string of the molecule is CC[C@H](C)NC(=O)c1ccccc1NC(=O)[C@@H](C)Oc1cc(C)ccc1C. The van der Waals surface area contributed by atoms with Crippen LogP contribution in [0.15, 0.2) is 42.5 Å². The van der Waals surface area contributed by atoms with Crippen molar-refractivity contribution in [3.63, 3.8) is 0 Å². The number of hydrogen-bond acceptors (Lipinski definition) is 3. The van der Waals surface area contributed by atoms with E-state index in [1.807, 2.05) is 45.9 Å². The average Bonchev–Trinajstić information content (AvgIpc) is 2.64. The smallest absolute Gasteiger partial charge is 0.265 e. The summed E-state index contributed by atoms with van der Waals surface area (Å²) in [5, 5.41) is 5.73. The monoisotopic (exact) mass is 368 g/mol. The second kappa shape index (κ2) is 9.21. The van der Waals surface area contributed by atoms with E-state index in [1.54, 1.807) is 31.2 Å². The number of nitrogens with one attached hydrogen (secondary N) is 2. The molecule has 144 valence electrons. The fourth-order valence-electron chi connectivity index (χ4n) is 2.51. The Morgan fingerprint density at radius 3 is 2.48 bits per heavy atom. The van der Waals surface area contributed by atoms with E-state index < -0.39 is 6.10 Å². The number of anilines is 1. The van der Waals surface area contributed by atoms with Crippen LogP contribution < -0.4 is 15.4 Å². The van der Waals surface area contributed by atoms with Crippen LogP contribution in [-0.4, -0.2) is 24.0 Å². The first-order valence-corrected chi connectivity index (χ1v) is 9.26. The first-order valence-electron chi connectivity index (χ1n) is 9.26. The molecule has 2 rings (SSSR count). The summed E-state index contributed by atoms with van der Waals surface area (Å²) in [6.45, 7) is 9.56. The summed E-state index contributed by atoms with van der Waals surface area (Å²) in [6, 6.07) is 12.9. The fraction of sp³-hybridized carbons (Fsp3) is 0.364. The first kappa shape index (κ1) is 20.5. The van der Waals surface area contributed by atoms with Gasteiger partial charge in [0.05, 0.1) is 11.3 Å². The van der Waals surface area contributed by atoms with Crippen LogP contribution in [0.4, 0.5) is 5.69 Å². The van der Waals surface area contributed by atoms with Gasteiger partial charge in [0, 0.05) is 6.04 Å². The highest BCUT2D eigenvalue weighted by atomic mass is 16.5. The molecule has 0 aromatic heterocycles. The van der Waals surface area contributed by atoms with Crippen molar-refractivity contribution >= 4 is 17.5 Å². The van der Waals surface area contributed by atoms with Gasteiger partial charge in [-0.25, -0.2) is 0 Å². The molecule has 0 bridgehead atoms. The molecule has 2 aromatic carbocycles. The van der Waals surface area contributed by atoms with Crippen LogP contribution in [0.1, 0.15) is 48.7 Å². The summed E-state index contributed by atoms with van der Waals surface area (Å²) < 4.78 is 5.83. The number of para-hydroxylation sites is 1. The van der Waals surface area contributed by atoms with Gasteiger partial charge in [-0.3, -0.25) is 9.59 Å². The van der Waals surface area contributed by atoms with Crippen molar-refractivity contribution in [3.8, 4) is 5.75 Å². The molecule has 0 saturated heterocycles. The third kappa shape index (κ3) is 5.58. The molecule has 0 aliphatic carbocycles. The third-order valence-corrected chi connectivity index (χ3v) is 4.44. The second-order valence-corrected chi connectivity index (χ2v) is 6.85. The van der Waals surface area contributed by atoms with Crippen molar-refractivity contribution in [3.05, 3.63) is 59.2 Å². The molecule has 0 unspecified atom stereocenters. The lowest BCUT2D eigenvalue weighted by molar-refractivity contribution is -0.122. The molecule has 2 aromatic rings. The molecule has 5 heteroatoms. The van der Waals surface area contributed by atoms with Crippen LogP contribution in [0.5, 0.6) is 5.75 Å². The maximum Gasteiger partial charge on any atom is 0.265 e. The maximum absolute atomic E-state index is 12.6. The normalized spacial score (nSPS) is 12.8. The zero-order valence-corrected chi connectivity index (χ0v) is 16.6. The lowest BCUT2D eigenvalue weighted by atomic mass is 10.1. The summed E-state index contributed by atoms with van der Waals surface area (Å²) in [7, 11) is 0. The molecule has 0 heterocycles. The van der Waals surface area contributed by atoms with Gasteiger partial charge in [-0.1, -0.05) is 31.2 Å². The minimum atomic E-state index is -0.698. The van der Waals surface area contributed by atoms with E-state index in [9.17, 15) is 9.59 Å². The predicted octanol–water partition coefficient (Wildman–Crippen LogP) is 4.24. The van der Waals surface area contributed by atoms with Crippen molar-refractivity contribution in [1.82, 2.24) is 5.32 Å². The number of benzene rings is 2. The van der Waals surface area contributed by atoms with E-state index >= 15 is 0 Å². The minimum absolute atomic E-state index is 0.0628. The van der Waals surface area contributed by atoms with E-state index in [0.717, 1.165) is 17.5 Å². The Labute approximate surface area is 161 Å². The summed E-state index contributed by atoms with van der Waals surface area (Å²) >= 11 is 0. The number of rotatable bonds is 7. The standard InChI is InChI=1S/C22H28N2O3/c1-6-16(4)23-22(26)18-9-7-8-10-19(18)24-21(25)17(5)27-20-13-14(2)11-12-15(20)3/h7-13,16-17H,6H2,1-5H3,(H,23,26)(H,24,25)/t16-,17+/m0/s1. The van der Waals surface area contributed by atoms with Crippen LogP contribution in [0.3, 0.4) is 0 Å². The Kier molecular flexibility index (Phi) is 6.99. The topological polar surface area (TPSA) is 67.4 Å². The quantitative estimate of drug-likeness (QED) is 0.768. The number of hydrogen-bond donors (Lipinski definition) is 2. The van der Waals surface area contributed by atoms with Crippen LogP contribution in [0, 0.1) is 13.8 Å². The Morgan fingerprint density at radius 1 is 1.07 bits per heavy atom. The van der Waals surface area contributed by atoms with Crippen molar-refractivity contribution in [1.29, 1.82) is 0 Å². The molecule has 0 spiro atoms. The van der Waals surface area contributed by atoms with Gasteiger partial charge in [0.1, 0.15) is 5.75 Å². The van der Waals surface area contributed by atoms with E-state index in [2.05, 4.69) is 10.6 Å². The number of ether oxygens (including phenoxy) is 1. The van der Waals surface area contributed by atoms with E-state index in [4.69, 9.17) is 4.74 Å². The largest absolute Gasteiger partial charge is 0.481 e. The molecular weight excluding hydrogens is 340 g/mol. The van der Waals surface area contributed by atoms with Gasteiger partial charge in [-0.15, -0.1) is 0 Å². The highest BCUT2D eigenvalue weighted by Crippen LogP contribution is 2.21. The Balaban J connectivity index is 2.11. The van der Waals surface area contributed by atoms with Gasteiger partial charge in [-0.05, 0) is 63.4 Å². The number of amides is 2. The van der Waals surface area contributed by atoms with Crippen molar-refractivity contribution in [2.45, 2.75) is 53.2 Å². The van der Waals surface area contributed by atoms with Gasteiger partial charge in [0.25, 0.3) is 11.8 Å². The van der Waals surface area contributed by atoms with Gasteiger partial charge >= 0.3 is 0 Å². The molecule has 2 N–H and O–H groups in total. The lowest BCUT2D eigenvalue weighted by Crippen LogP contribution is -2.34. The summed E-state index contributed by atoms with van der Waals surface area (Å²) in [6.07, 6.45) is 0.136. The molecule has 0 aliphatic rings. The van der Waals surface area contributed by atoms with Gasteiger partial charge in [0.15, 0.2) is 6.10 Å². The highest BCUT2D eigenvalue weighted by Gasteiger charge is 2.19. The molecule has 0 saturated carbocycles. The molecule has 2 amide bonds. The average molecular weight is 368 g/mol. The minimum Gasteiger partial charge on any atom is -0.481 e. The predicted molar refractivity (Wildman–Crippen MR) is 108 cm³/mol. The fourth-order valence-corrected chi connectivity index (χ4v) is 2.51. The van der Waals surface area contributed by atoms with Crippen molar-refractivity contribution in [2.75, 3.05) is 5.32 Å². The number of carbonyl (C=O) groups is 2. The highest BCUT2D eigenvalue weighted by molar-refractivity contribution is 6.04. The number of carbonyl (C=O) groups excluding carboxylic acids is 2. The molecule has 0 aliphatic heterocycles.